The van der Waals surface area contributed by atoms with Gasteiger partial charge in [0.15, 0.2) is 11.5 Å². The molecule has 0 aliphatic heterocycles. The van der Waals surface area contributed by atoms with Crippen molar-refractivity contribution < 1.29 is 18.5 Å². The molecule has 0 aromatic carbocycles. The van der Waals surface area contributed by atoms with Crippen molar-refractivity contribution in [3.63, 3.8) is 0 Å². The Morgan fingerprint density at radius 2 is 2.10 bits per heavy atom. The molecule has 0 fully saturated rings. The van der Waals surface area contributed by atoms with Gasteiger partial charge in [0.05, 0.1) is 4.88 Å². The molecule has 0 radical (unpaired) electrons. The molecule has 2 N–H and O–H groups in total. The van der Waals surface area contributed by atoms with Gasteiger partial charge in [-0.1, -0.05) is 11.2 Å². The molecule has 0 saturated carbocycles. The number of thiophene rings is 1. The van der Waals surface area contributed by atoms with E-state index in [-0.39, 0.29) is 23.4 Å². The number of anilines is 2. The molecule has 21 heavy (non-hydrogen) atoms. The average Bonchev–Trinajstić information content (AvgIpc) is 3.21. The van der Waals surface area contributed by atoms with Crippen molar-refractivity contribution in [3.8, 4) is 0 Å². The van der Waals surface area contributed by atoms with Gasteiger partial charge >= 0.3 is 6.01 Å². The third-order valence-corrected chi connectivity index (χ3v) is 3.25. The number of nitrogens with zero attached hydrogens (tertiary/aromatic N) is 2. The van der Waals surface area contributed by atoms with Crippen LogP contribution in [0.2, 0.25) is 0 Å². The Morgan fingerprint density at radius 1 is 1.19 bits per heavy atom. The molecule has 8 nitrogen and oxygen atoms in total. The minimum absolute atomic E-state index is 0.0134. The number of oxazole rings is 1. The van der Waals surface area contributed by atoms with Crippen LogP contribution in [0.25, 0.3) is 0 Å². The van der Waals surface area contributed by atoms with Crippen LogP contribution in [-0.4, -0.2) is 22.0 Å². The number of aromatic nitrogens is 2. The Morgan fingerprint density at radius 3 is 2.81 bits per heavy atom. The molecule has 3 aromatic rings. The maximum Gasteiger partial charge on any atom is 0.302 e. The normalized spacial score (nSPS) is 10.3. The Kier molecular flexibility index (Phi) is 3.48. The predicted molar refractivity (Wildman–Crippen MR) is 73.2 cm³/mol. The Labute approximate surface area is 121 Å². The zero-order valence-electron chi connectivity index (χ0n) is 10.4. The summed E-state index contributed by atoms with van der Waals surface area (Å²) in [6, 6.07) is 4.85. The van der Waals surface area contributed by atoms with E-state index in [0.29, 0.717) is 4.88 Å². The summed E-state index contributed by atoms with van der Waals surface area (Å²) in [5.74, 6) is -0.619. The van der Waals surface area contributed by atoms with E-state index in [1.807, 2.05) is 0 Å². The second-order valence-corrected chi connectivity index (χ2v) is 4.76. The molecule has 0 saturated heterocycles. The standard InChI is InChI=1S/C12H8N4O4S/c17-10(14-9-3-4-20-16-9)7-6-19-12(13-7)15-11(18)8-2-1-5-21-8/h1-6H,(H,13,15,18)(H,14,16,17). The predicted octanol–water partition coefficient (Wildman–Crippen LogP) is 2.23. The van der Waals surface area contributed by atoms with Gasteiger partial charge in [-0.05, 0) is 11.4 Å². The van der Waals surface area contributed by atoms with E-state index in [0.717, 1.165) is 6.26 Å². The summed E-state index contributed by atoms with van der Waals surface area (Å²) in [4.78, 5) is 28.0. The number of hydrogen-bond acceptors (Lipinski definition) is 7. The SMILES string of the molecule is O=C(Nc1ccon1)c1coc(NC(=O)c2cccs2)n1. The lowest BCUT2D eigenvalue weighted by Crippen LogP contribution is -2.14. The fourth-order valence-electron chi connectivity index (χ4n) is 1.46. The number of rotatable bonds is 4. The quantitative estimate of drug-likeness (QED) is 0.764. The zero-order valence-corrected chi connectivity index (χ0v) is 11.2. The smallest absolute Gasteiger partial charge is 0.302 e. The first-order valence-electron chi connectivity index (χ1n) is 5.74. The zero-order chi connectivity index (χ0) is 14.7. The molecule has 9 heteroatoms. The van der Waals surface area contributed by atoms with E-state index < -0.39 is 5.91 Å². The van der Waals surface area contributed by atoms with Crippen LogP contribution >= 0.6 is 11.3 Å². The fourth-order valence-corrected chi connectivity index (χ4v) is 2.08. The van der Waals surface area contributed by atoms with Crippen LogP contribution in [-0.2, 0) is 0 Å². The molecule has 106 valence electrons. The minimum atomic E-state index is -0.524. The first-order chi connectivity index (χ1) is 10.2. The lowest BCUT2D eigenvalue weighted by atomic mass is 10.4. The van der Waals surface area contributed by atoms with Crippen molar-refractivity contribution in [2.75, 3.05) is 10.6 Å². The maximum absolute atomic E-state index is 11.8. The highest BCUT2D eigenvalue weighted by molar-refractivity contribution is 7.12. The van der Waals surface area contributed by atoms with Crippen molar-refractivity contribution in [1.29, 1.82) is 0 Å². The second kappa shape index (κ2) is 5.59. The Hall–Kier alpha value is -2.94. The monoisotopic (exact) mass is 304 g/mol. The summed E-state index contributed by atoms with van der Waals surface area (Å²) >= 11 is 1.29. The third kappa shape index (κ3) is 2.98. The minimum Gasteiger partial charge on any atom is -0.431 e. The third-order valence-electron chi connectivity index (χ3n) is 2.38. The number of amides is 2. The van der Waals surface area contributed by atoms with Crippen LogP contribution in [0.15, 0.2) is 45.0 Å². The highest BCUT2D eigenvalue weighted by Crippen LogP contribution is 2.14. The molecule has 2 amide bonds. The summed E-state index contributed by atoms with van der Waals surface area (Å²) in [7, 11) is 0. The van der Waals surface area contributed by atoms with E-state index >= 15 is 0 Å². The van der Waals surface area contributed by atoms with E-state index in [1.165, 1.54) is 23.7 Å². The molecule has 0 unspecified atom stereocenters. The molecule has 0 bridgehead atoms. The molecule has 0 aliphatic carbocycles. The molecule has 0 atom stereocenters. The molecular weight excluding hydrogens is 296 g/mol. The summed E-state index contributed by atoms with van der Waals surface area (Å²) in [6.07, 6.45) is 2.46. The van der Waals surface area contributed by atoms with E-state index in [4.69, 9.17) is 4.42 Å². The summed E-state index contributed by atoms with van der Waals surface area (Å²) < 4.78 is 9.62. The van der Waals surface area contributed by atoms with Crippen LogP contribution in [0.3, 0.4) is 0 Å². The molecule has 0 spiro atoms. The number of carbonyl (C=O) groups excluding carboxylic acids is 2. The first kappa shape index (κ1) is 13.1. The van der Waals surface area contributed by atoms with Crippen LogP contribution in [0.5, 0.6) is 0 Å². The van der Waals surface area contributed by atoms with Crippen LogP contribution < -0.4 is 10.6 Å². The van der Waals surface area contributed by atoms with E-state index in [2.05, 4.69) is 25.3 Å². The molecule has 0 aliphatic rings. The van der Waals surface area contributed by atoms with Gasteiger partial charge in [-0.2, -0.15) is 4.98 Å². The number of carbonyl (C=O) groups is 2. The molecule has 3 rings (SSSR count). The van der Waals surface area contributed by atoms with Gasteiger partial charge in [0.1, 0.15) is 12.5 Å². The van der Waals surface area contributed by atoms with Gasteiger partial charge in [-0.15, -0.1) is 11.3 Å². The Balaban J connectivity index is 1.66. The average molecular weight is 304 g/mol. The van der Waals surface area contributed by atoms with Crippen molar-refractivity contribution in [2.45, 2.75) is 0 Å². The van der Waals surface area contributed by atoms with Crippen molar-refractivity contribution in [2.24, 2.45) is 0 Å². The summed E-state index contributed by atoms with van der Waals surface area (Å²) in [5.41, 5.74) is 0.0134. The molecule has 3 heterocycles. The first-order valence-corrected chi connectivity index (χ1v) is 6.62. The molecule has 3 aromatic heterocycles. The highest BCUT2D eigenvalue weighted by atomic mass is 32.1. The molecular formula is C12H8N4O4S. The fraction of sp³-hybridized carbons (Fsp3) is 0. The number of nitrogens with one attached hydrogen (secondary N) is 2. The van der Waals surface area contributed by atoms with Gasteiger partial charge in [-0.25, -0.2) is 0 Å². The van der Waals surface area contributed by atoms with Crippen LogP contribution in [0.4, 0.5) is 11.8 Å². The van der Waals surface area contributed by atoms with E-state index in [9.17, 15) is 9.59 Å². The number of hydrogen-bond donors (Lipinski definition) is 2. The lowest BCUT2D eigenvalue weighted by molar-refractivity contribution is 0.101. The van der Waals surface area contributed by atoms with Gasteiger partial charge < -0.3 is 14.3 Å². The summed E-state index contributed by atoms with van der Waals surface area (Å²) in [6.45, 7) is 0. The Bertz CT molecular complexity index is 748. The van der Waals surface area contributed by atoms with Gasteiger partial charge in [0, 0.05) is 6.07 Å². The largest absolute Gasteiger partial charge is 0.431 e. The van der Waals surface area contributed by atoms with Gasteiger partial charge in [0.25, 0.3) is 11.8 Å². The van der Waals surface area contributed by atoms with Crippen LogP contribution in [0.1, 0.15) is 20.2 Å². The topological polar surface area (TPSA) is 110 Å². The highest BCUT2D eigenvalue weighted by Gasteiger charge is 2.16. The van der Waals surface area contributed by atoms with Crippen molar-refractivity contribution in [1.82, 2.24) is 10.1 Å². The van der Waals surface area contributed by atoms with Crippen LogP contribution in [0, 0.1) is 0 Å². The lowest BCUT2D eigenvalue weighted by Gasteiger charge is -1.97. The van der Waals surface area contributed by atoms with Crippen molar-refractivity contribution >= 4 is 35.0 Å². The van der Waals surface area contributed by atoms with Gasteiger partial charge in [0.2, 0.25) is 0 Å². The van der Waals surface area contributed by atoms with Gasteiger partial charge in [-0.3, -0.25) is 14.9 Å². The second-order valence-electron chi connectivity index (χ2n) is 3.81. The maximum atomic E-state index is 11.8. The van der Waals surface area contributed by atoms with E-state index in [1.54, 1.807) is 17.5 Å². The van der Waals surface area contributed by atoms with Crippen molar-refractivity contribution in [3.05, 3.63) is 46.7 Å². The summed E-state index contributed by atoms with van der Waals surface area (Å²) in [5, 5.41) is 10.2.